The SMILES string of the molecule is CCOc1cc(C=NNC(=O)Cc2ccccc2)ccc1OC(=O)c1ccc(Br)cc1. The molecule has 3 rings (SSSR count). The number of rotatable bonds is 8. The Balaban J connectivity index is 1.65. The molecule has 0 saturated heterocycles. The summed E-state index contributed by atoms with van der Waals surface area (Å²) in [5.41, 5.74) is 4.53. The molecule has 0 heterocycles. The molecular weight excluding hydrogens is 460 g/mol. The maximum absolute atomic E-state index is 12.4. The number of nitrogens with zero attached hydrogens (tertiary/aromatic N) is 1. The van der Waals surface area contributed by atoms with Gasteiger partial charge in [-0.15, -0.1) is 0 Å². The summed E-state index contributed by atoms with van der Waals surface area (Å²) >= 11 is 3.34. The van der Waals surface area contributed by atoms with Crippen molar-refractivity contribution in [2.24, 2.45) is 5.10 Å². The Morgan fingerprint density at radius 1 is 1.00 bits per heavy atom. The maximum Gasteiger partial charge on any atom is 0.343 e. The Hall–Kier alpha value is -3.45. The summed E-state index contributed by atoms with van der Waals surface area (Å²) in [4.78, 5) is 24.4. The molecule has 0 fully saturated rings. The molecule has 6 nitrogen and oxygen atoms in total. The molecular formula is C24H21BrN2O4. The van der Waals surface area contributed by atoms with Gasteiger partial charge in [0.25, 0.3) is 0 Å². The van der Waals surface area contributed by atoms with Crippen LogP contribution < -0.4 is 14.9 Å². The van der Waals surface area contributed by atoms with Crippen LogP contribution in [0.5, 0.6) is 11.5 Å². The van der Waals surface area contributed by atoms with Gasteiger partial charge in [-0.05, 0) is 60.5 Å². The van der Waals surface area contributed by atoms with E-state index in [1.54, 1.807) is 42.5 Å². The predicted octanol–water partition coefficient (Wildman–Crippen LogP) is 4.76. The first kappa shape index (κ1) is 22.2. The molecule has 0 saturated carbocycles. The number of hydrogen-bond acceptors (Lipinski definition) is 5. The van der Waals surface area contributed by atoms with Crippen molar-refractivity contribution in [3.05, 3.63) is 94.0 Å². The topological polar surface area (TPSA) is 77.0 Å². The zero-order valence-electron chi connectivity index (χ0n) is 16.9. The highest BCUT2D eigenvalue weighted by molar-refractivity contribution is 9.10. The molecule has 0 aliphatic heterocycles. The lowest BCUT2D eigenvalue weighted by molar-refractivity contribution is -0.120. The molecule has 3 aromatic carbocycles. The number of ether oxygens (including phenoxy) is 2. The summed E-state index contributed by atoms with van der Waals surface area (Å²) in [6.07, 6.45) is 1.75. The van der Waals surface area contributed by atoms with Crippen LogP contribution in [0.25, 0.3) is 0 Å². The fraction of sp³-hybridized carbons (Fsp3) is 0.125. The van der Waals surface area contributed by atoms with Gasteiger partial charge in [0.05, 0.1) is 24.8 Å². The Labute approximate surface area is 189 Å². The predicted molar refractivity (Wildman–Crippen MR) is 123 cm³/mol. The standard InChI is InChI=1S/C24H21BrN2O4/c1-2-30-22-14-18(16-26-27-23(28)15-17-6-4-3-5-7-17)8-13-21(22)31-24(29)19-9-11-20(25)12-10-19/h3-14,16H,2,15H2,1H3,(H,27,28). The second-order valence-corrected chi connectivity index (χ2v) is 7.41. The van der Waals surface area contributed by atoms with E-state index < -0.39 is 5.97 Å². The van der Waals surface area contributed by atoms with Crippen LogP contribution in [0.4, 0.5) is 0 Å². The highest BCUT2D eigenvalue weighted by Crippen LogP contribution is 2.29. The fourth-order valence-electron chi connectivity index (χ4n) is 2.70. The number of amides is 1. The first-order valence-corrected chi connectivity index (χ1v) is 10.4. The smallest absolute Gasteiger partial charge is 0.343 e. The zero-order chi connectivity index (χ0) is 22.1. The Kier molecular flexibility index (Phi) is 7.95. The molecule has 0 atom stereocenters. The Morgan fingerprint density at radius 2 is 1.74 bits per heavy atom. The summed E-state index contributed by atoms with van der Waals surface area (Å²) in [7, 11) is 0. The molecule has 1 N–H and O–H groups in total. The van der Waals surface area contributed by atoms with E-state index in [1.807, 2.05) is 37.3 Å². The van der Waals surface area contributed by atoms with Gasteiger partial charge in [-0.3, -0.25) is 4.79 Å². The minimum absolute atomic E-state index is 0.215. The van der Waals surface area contributed by atoms with Crippen LogP contribution in [0.2, 0.25) is 0 Å². The van der Waals surface area contributed by atoms with Crippen LogP contribution in [0, 0.1) is 0 Å². The molecule has 1 amide bonds. The average molecular weight is 481 g/mol. The van der Waals surface area contributed by atoms with E-state index in [-0.39, 0.29) is 12.3 Å². The number of halogens is 1. The van der Waals surface area contributed by atoms with Gasteiger partial charge in [0.1, 0.15) is 0 Å². The van der Waals surface area contributed by atoms with E-state index in [1.165, 1.54) is 6.21 Å². The quantitative estimate of drug-likeness (QED) is 0.218. The minimum Gasteiger partial charge on any atom is -0.490 e. The normalized spacial score (nSPS) is 10.6. The van der Waals surface area contributed by atoms with Gasteiger partial charge in [-0.25, -0.2) is 10.2 Å². The molecule has 7 heteroatoms. The lowest BCUT2D eigenvalue weighted by atomic mass is 10.1. The molecule has 3 aromatic rings. The highest BCUT2D eigenvalue weighted by Gasteiger charge is 2.13. The highest BCUT2D eigenvalue weighted by atomic mass is 79.9. The van der Waals surface area contributed by atoms with Crippen molar-refractivity contribution in [3.8, 4) is 11.5 Å². The van der Waals surface area contributed by atoms with Crippen molar-refractivity contribution in [1.82, 2.24) is 5.43 Å². The number of nitrogens with one attached hydrogen (secondary N) is 1. The third-order valence-corrected chi connectivity index (χ3v) is 4.69. The van der Waals surface area contributed by atoms with Crippen LogP contribution >= 0.6 is 15.9 Å². The summed E-state index contributed by atoms with van der Waals surface area (Å²) in [6.45, 7) is 2.24. The fourth-order valence-corrected chi connectivity index (χ4v) is 2.97. The van der Waals surface area contributed by atoms with Gasteiger partial charge < -0.3 is 9.47 Å². The van der Waals surface area contributed by atoms with Crippen LogP contribution in [-0.2, 0) is 11.2 Å². The van der Waals surface area contributed by atoms with Gasteiger partial charge in [-0.2, -0.15) is 5.10 Å². The Bertz CT molecular complexity index is 1070. The number of hydrogen-bond donors (Lipinski definition) is 1. The zero-order valence-corrected chi connectivity index (χ0v) is 18.5. The molecule has 0 aromatic heterocycles. The number of carbonyl (C=O) groups excluding carboxylic acids is 2. The van der Waals surface area contributed by atoms with E-state index in [9.17, 15) is 9.59 Å². The van der Waals surface area contributed by atoms with Gasteiger partial charge >= 0.3 is 5.97 Å². The molecule has 0 aliphatic carbocycles. The van der Waals surface area contributed by atoms with Crippen LogP contribution in [0.3, 0.4) is 0 Å². The van der Waals surface area contributed by atoms with Crippen LogP contribution in [0.1, 0.15) is 28.4 Å². The van der Waals surface area contributed by atoms with Crippen LogP contribution in [-0.4, -0.2) is 24.7 Å². The van der Waals surface area contributed by atoms with Crippen molar-refractivity contribution in [1.29, 1.82) is 0 Å². The number of hydrazone groups is 1. The largest absolute Gasteiger partial charge is 0.490 e. The number of carbonyl (C=O) groups is 2. The van der Waals surface area contributed by atoms with Gasteiger partial charge in [0.15, 0.2) is 11.5 Å². The summed E-state index contributed by atoms with van der Waals surface area (Å²) in [5, 5.41) is 3.99. The van der Waals surface area contributed by atoms with Crippen molar-refractivity contribution in [2.45, 2.75) is 13.3 Å². The van der Waals surface area contributed by atoms with E-state index in [2.05, 4.69) is 26.5 Å². The summed E-state index contributed by atoms with van der Waals surface area (Å²) in [6, 6.07) is 21.4. The second-order valence-electron chi connectivity index (χ2n) is 6.49. The third-order valence-electron chi connectivity index (χ3n) is 4.16. The summed E-state index contributed by atoms with van der Waals surface area (Å²) in [5.74, 6) is 0.0168. The van der Waals surface area contributed by atoms with Crippen molar-refractivity contribution in [3.63, 3.8) is 0 Å². The first-order valence-electron chi connectivity index (χ1n) is 9.65. The molecule has 0 radical (unpaired) electrons. The molecule has 0 aliphatic rings. The van der Waals surface area contributed by atoms with E-state index in [4.69, 9.17) is 9.47 Å². The maximum atomic E-state index is 12.4. The van der Waals surface area contributed by atoms with Crippen LogP contribution in [0.15, 0.2) is 82.4 Å². The Morgan fingerprint density at radius 3 is 2.45 bits per heavy atom. The van der Waals surface area contributed by atoms with Gasteiger partial charge in [-0.1, -0.05) is 46.3 Å². The molecule has 31 heavy (non-hydrogen) atoms. The van der Waals surface area contributed by atoms with Crippen molar-refractivity contribution >= 4 is 34.0 Å². The van der Waals surface area contributed by atoms with Crippen molar-refractivity contribution in [2.75, 3.05) is 6.61 Å². The number of esters is 1. The van der Waals surface area contributed by atoms with E-state index in [0.29, 0.717) is 29.2 Å². The lowest BCUT2D eigenvalue weighted by Gasteiger charge is -2.11. The van der Waals surface area contributed by atoms with Gasteiger partial charge in [0, 0.05) is 4.47 Å². The number of benzene rings is 3. The average Bonchev–Trinajstić information content (AvgIpc) is 2.77. The van der Waals surface area contributed by atoms with Gasteiger partial charge in [0.2, 0.25) is 5.91 Å². The first-order chi connectivity index (χ1) is 15.0. The summed E-state index contributed by atoms with van der Waals surface area (Å²) < 4.78 is 12.0. The minimum atomic E-state index is -0.483. The molecule has 0 unspecified atom stereocenters. The van der Waals surface area contributed by atoms with E-state index in [0.717, 1.165) is 10.0 Å². The lowest BCUT2D eigenvalue weighted by Crippen LogP contribution is -2.19. The molecule has 0 bridgehead atoms. The third kappa shape index (κ3) is 6.79. The molecule has 158 valence electrons. The van der Waals surface area contributed by atoms with Crippen molar-refractivity contribution < 1.29 is 19.1 Å². The van der Waals surface area contributed by atoms with E-state index >= 15 is 0 Å². The monoisotopic (exact) mass is 480 g/mol. The second kappa shape index (κ2) is 11.1. The molecule has 0 spiro atoms.